The molecule has 0 aliphatic carbocycles. The average molecular weight is 269 g/mol. The Morgan fingerprint density at radius 1 is 1.21 bits per heavy atom. The molecule has 1 unspecified atom stereocenters. The minimum Gasteiger partial charge on any atom is -0.336 e. The van der Waals surface area contributed by atoms with Gasteiger partial charge in [-0.15, -0.1) is 0 Å². The fraction of sp³-hybridized carbons (Fsp3) is 0.308. The molecule has 0 saturated carbocycles. The summed E-state index contributed by atoms with van der Waals surface area (Å²) in [6.45, 7) is 0. The maximum Gasteiger partial charge on any atom is 0.416 e. The Bertz CT molecular complexity index is 543. The quantitative estimate of drug-likeness (QED) is 0.928. The summed E-state index contributed by atoms with van der Waals surface area (Å²) in [7, 11) is 3.59. The molecule has 0 amide bonds. The van der Waals surface area contributed by atoms with Crippen LogP contribution in [0.5, 0.6) is 0 Å². The van der Waals surface area contributed by atoms with Crippen molar-refractivity contribution in [2.75, 3.05) is 7.05 Å². The Morgan fingerprint density at radius 3 is 2.26 bits per heavy atom. The normalized spacial score (nSPS) is 13.5. The van der Waals surface area contributed by atoms with E-state index in [1.807, 2.05) is 11.6 Å². The second-order valence-corrected chi connectivity index (χ2v) is 4.24. The van der Waals surface area contributed by atoms with Crippen LogP contribution in [0.4, 0.5) is 13.2 Å². The molecule has 2 aromatic rings. The van der Waals surface area contributed by atoms with Gasteiger partial charge in [0, 0.05) is 19.4 Å². The number of halogens is 3. The van der Waals surface area contributed by atoms with Crippen LogP contribution in [0.1, 0.15) is 23.0 Å². The Kier molecular flexibility index (Phi) is 3.61. The second-order valence-electron chi connectivity index (χ2n) is 4.24. The van der Waals surface area contributed by atoms with E-state index in [1.165, 1.54) is 12.1 Å². The molecule has 1 heterocycles. The number of aromatic nitrogens is 2. The molecule has 0 fully saturated rings. The monoisotopic (exact) mass is 269 g/mol. The summed E-state index contributed by atoms with van der Waals surface area (Å²) in [5.41, 5.74) is 0.0933. The highest BCUT2D eigenvalue weighted by Gasteiger charge is 2.30. The first-order chi connectivity index (χ1) is 8.93. The van der Waals surface area contributed by atoms with Gasteiger partial charge in [-0.25, -0.2) is 4.98 Å². The summed E-state index contributed by atoms with van der Waals surface area (Å²) in [5, 5.41) is 3.06. The fourth-order valence-electron chi connectivity index (χ4n) is 1.96. The summed E-state index contributed by atoms with van der Waals surface area (Å²) in [5.74, 6) is 0.752. The molecule has 1 N–H and O–H groups in total. The van der Waals surface area contributed by atoms with Crippen LogP contribution >= 0.6 is 0 Å². The fourth-order valence-corrected chi connectivity index (χ4v) is 1.96. The Morgan fingerprint density at radius 2 is 1.84 bits per heavy atom. The standard InChI is InChI=1S/C13H14F3N3/c1-17-11(12-18-7-8-19(12)2)9-3-5-10(6-4-9)13(14,15)16/h3-8,11,17H,1-2H3. The van der Waals surface area contributed by atoms with Crippen molar-refractivity contribution in [2.45, 2.75) is 12.2 Å². The zero-order chi connectivity index (χ0) is 14.0. The highest BCUT2D eigenvalue weighted by atomic mass is 19.4. The van der Waals surface area contributed by atoms with E-state index >= 15 is 0 Å². The molecule has 1 aromatic carbocycles. The predicted molar refractivity (Wildman–Crippen MR) is 65.6 cm³/mol. The van der Waals surface area contributed by atoms with Gasteiger partial charge in [0.2, 0.25) is 0 Å². The number of hydrogen-bond acceptors (Lipinski definition) is 2. The maximum absolute atomic E-state index is 12.5. The first-order valence-electron chi connectivity index (χ1n) is 5.75. The highest BCUT2D eigenvalue weighted by Crippen LogP contribution is 2.30. The van der Waals surface area contributed by atoms with Crippen LogP contribution in [-0.2, 0) is 13.2 Å². The first-order valence-corrected chi connectivity index (χ1v) is 5.75. The third-order valence-electron chi connectivity index (χ3n) is 2.98. The Balaban J connectivity index is 2.33. The summed E-state index contributed by atoms with van der Waals surface area (Å²) in [6, 6.07) is 4.88. The van der Waals surface area contributed by atoms with Crippen molar-refractivity contribution in [3.8, 4) is 0 Å². The van der Waals surface area contributed by atoms with E-state index in [0.29, 0.717) is 0 Å². The van der Waals surface area contributed by atoms with Crippen LogP contribution in [0.25, 0.3) is 0 Å². The zero-order valence-electron chi connectivity index (χ0n) is 10.6. The van der Waals surface area contributed by atoms with Crippen molar-refractivity contribution in [1.29, 1.82) is 0 Å². The molecule has 0 spiro atoms. The van der Waals surface area contributed by atoms with Gasteiger partial charge < -0.3 is 9.88 Å². The second kappa shape index (κ2) is 5.05. The van der Waals surface area contributed by atoms with E-state index in [4.69, 9.17) is 0 Å². The minimum absolute atomic E-state index is 0.234. The number of hydrogen-bond donors (Lipinski definition) is 1. The highest BCUT2D eigenvalue weighted by molar-refractivity contribution is 5.30. The minimum atomic E-state index is -4.31. The number of nitrogens with zero attached hydrogens (tertiary/aromatic N) is 2. The molecule has 0 radical (unpaired) electrons. The molecule has 3 nitrogen and oxygen atoms in total. The van der Waals surface area contributed by atoms with Gasteiger partial charge in [-0.2, -0.15) is 13.2 Å². The summed E-state index contributed by atoms with van der Waals surface area (Å²) in [6.07, 6.45) is -0.857. The number of nitrogens with one attached hydrogen (secondary N) is 1. The number of alkyl halides is 3. The molecule has 1 aromatic heterocycles. The summed E-state index contributed by atoms with van der Waals surface area (Å²) < 4.78 is 39.4. The van der Waals surface area contributed by atoms with E-state index in [0.717, 1.165) is 23.5 Å². The predicted octanol–water partition coefficient (Wildman–Crippen LogP) is 2.75. The zero-order valence-corrected chi connectivity index (χ0v) is 10.6. The van der Waals surface area contributed by atoms with Crippen molar-refractivity contribution < 1.29 is 13.2 Å². The van der Waals surface area contributed by atoms with Crippen LogP contribution in [0.2, 0.25) is 0 Å². The lowest BCUT2D eigenvalue weighted by atomic mass is 10.0. The molecule has 2 rings (SSSR count). The molecule has 0 saturated heterocycles. The number of aryl methyl sites for hydroxylation is 1. The molecular weight excluding hydrogens is 255 g/mol. The first kappa shape index (κ1) is 13.6. The van der Waals surface area contributed by atoms with Crippen LogP contribution in [0.15, 0.2) is 36.7 Å². The van der Waals surface area contributed by atoms with E-state index in [1.54, 1.807) is 19.4 Å². The molecule has 0 aliphatic rings. The van der Waals surface area contributed by atoms with E-state index in [9.17, 15) is 13.2 Å². The molecule has 19 heavy (non-hydrogen) atoms. The lowest BCUT2D eigenvalue weighted by Gasteiger charge is -2.17. The van der Waals surface area contributed by atoms with E-state index < -0.39 is 11.7 Å². The van der Waals surface area contributed by atoms with Crippen LogP contribution in [-0.4, -0.2) is 16.6 Å². The lowest BCUT2D eigenvalue weighted by Crippen LogP contribution is -2.21. The van der Waals surface area contributed by atoms with Crippen molar-refractivity contribution in [3.63, 3.8) is 0 Å². The lowest BCUT2D eigenvalue weighted by molar-refractivity contribution is -0.137. The third kappa shape index (κ3) is 2.78. The van der Waals surface area contributed by atoms with Crippen molar-refractivity contribution >= 4 is 0 Å². The van der Waals surface area contributed by atoms with Crippen LogP contribution in [0, 0.1) is 0 Å². The molecule has 0 bridgehead atoms. The van der Waals surface area contributed by atoms with Crippen molar-refractivity contribution in [2.24, 2.45) is 7.05 Å². The molecule has 0 aliphatic heterocycles. The van der Waals surface area contributed by atoms with Gasteiger partial charge in [0.15, 0.2) is 0 Å². The van der Waals surface area contributed by atoms with Crippen molar-refractivity contribution in [1.82, 2.24) is 14.9 Å². The molecular formula is C13H14F3N3. The molecule has 102 valence electrons. The van der Waals surface area contributed by atoms with Gasteiger partial charge in [0.05, 0.1) is 11.6 Å². The Labute approximate surface area is 109 Å². The number of benzene rings is 1. The SMILES string of the molecule is CNC(c1ccc(C(F)(F)F)cc1)c1nccn1C. The topological polar surface area (TPSA) is 29.9 Å². The summed E-state index contributed by atoms with van der Waals surface area (Å²) in [4.78, 5) is 4.21. The maximum atomic E-state index is 12.5. The van der Waals surface area contributed by atoms with Crippen molar-refractivity contribution in [3.05, 3.63) is 53.6 Å². The van der Waals surface area contributed by atoms with Gasteiger partial charge in [-0.1, -0.05) is 12.1 Å². The van der Waals surface area contributed by atoms with Gasteiger partial charge in [-0.05, 0) is 24.7 Å². The van der Waals surface area contributed by atoms with Gasteiger partial charge in [0.25, 0.3) is 0 Å². The largest absolute Gasteiger partial charge is 0.416 e. The third-order valence-corrected chi connectivity index (χ3v) is 2.98. The van der Waals surface area contributed by atoms with E-state index in [-0.39, 0.29) is 6.04 Å². The Hall–Kier alpha value is -1.82. The average Bonchev–Trinajstić information content (AvgIpc) is 2.76. The van der Waals surface area contributed by atoms with Gasteiger partial charge in [0.1, 0.15) is 5.82 Å². The number of rotatable bonds is 3. The molecule has 6 heteroatoms. The van der Waals surface area contributed by atoms with Gasteiger partial charge >= 0.3 is 6.18 Å². The van der Waals surface area contributed by atoms with Crippen LogP contribution in [0.3, 0.4) is 0 Å². The van der Waals surface area contributed by atoms with E-state index in [2.05, 4.69) is 10.3 Å². The van der Waals surface area contributed by atoms with Crippen LogP contribution < -0.4 is 5.32 Å². The summed E-state index contributed by atoms with van der Waals surface area (Å²) >= 11 is 0. The smallest absolute Gasteiger partial charge is 0.336 e. The number of imidazole rings is 1. The van der Waals surface area contributed by atoms with Gasteiger partial charge in [-0.3, -0.25) is 0 Å². The molecule has 1 atom stereocenters.